The minimum atomic E-state index is -0.646. The number of ether oxygens (including phenoxy) is 1. The zero-order valence-electron chi connectivity index (χ0n) is 13.8. The molecule has 25 heavy (non-hydrogen) atoms. The third-order valence-electron chi connectivity index (χ3n) is 3.97. The number of nitrogens with one attached hydrogen (secondary N) is 1. The van der Waals surface area contributed by atoms with E-state index in [9.17, 15) is 9.18 Å². The molecule has 8 nitrogen and oxygen atoms in total. The molecule has 3 rings (SSSR count). The van der Waals surface area contributed by atoms with Gasteiger partial charge in [0.1, 0.15) is 0 Å². The van der Waals surface area contributed by atoms with Gasteiger partial charge < -0.3 is 25.6 Å². The summed E-state index contributed by atoms with van der Waals surface area (Å²) in [7, 11) is 1.39. The van der Waals surface area contributed by atoms with Crippen LogP contribution in [-0.2, 0) is 4.74 Å². The van der Waals surface area contributed by atoms with Crippen LogP contribution in [0.5, 0.6) is 0 Å². The number of nitrogen functional groups attached to an aromatic ring is 1. The number of aromatic nitrogens is 2. The second kappa shape index (κ2) is 7.20. The summed E-state index contributed by atoms with van der Waals surface area (Å²) in [6.45, 7) is 2.71. The lowest BCUT2D eigenvalue weighted by atomic mass is 10.2. The molecule has 1 aliphatic heterocycles. The molecule has 9 heteroatoms. The fourth-order valence-corrected chi connectivity index (χ4v) is 2.60. The Labute approximate surface area is 144 Å². The second-order valence-electron chi connectivity index (χ2n) is 5.54. The topological polar surface area (TPSA) is 96.6 Å². The summed E-state index contributed by atoms with van der Waals surface area (Å²) in [6, 6.07) is 7.68. The lowest BCUT2D eigenvalue weighted by Gasteiger charge is -2.35. The highest BCUT2D eigenvalue weighted by molar-refractivity contribution is 5.68. The van der Waals surface area contributed by atoms with Crippen molar-refractivity contribution in [3.05, 3.63) is 36.3 Å². The SMILES string of the molecule is COC(=O)N1CCN(c2ccc(Nc3ncc(F)c(N)n3)cc2)CC1. The Morgan fingerprint density at radius 3 is 2.52 bits per heavy atom. The van der Waals surface area contributed by atoms with Gasteiger partial charge in [-0.05, 0) is 24.3 Å². The summed E-state index contributed by atoms with van der Waals surface area (Å²) in [6.07, 6.45) is 0.734. The monoisotopic (exact) mass is 346 g/mol. The first kappa shape index (κ1) is 16.7. The first-order valence-electron chi connectivity index (χ1n) is 7.80. The lowest BCUT2D eigenvalue weighted by molar-refractivity contribution is 0.121. The summed E-state index contributed by atoms with van der Waals surface area (Å²) in [5.41, 5.74) is 7.25. The van der Waals surface area contributed by atoms with Crippen molar-refractivity contribution in [1.29, 1.82) is 0 Å². The van der Waals surface area contributed by atoms with Gasteiger partial charge in [0.15, 0.2) is 11.6 Å². The number of amides is 1. The van der Waals surface area contributed by atoms with Crippen LogP contribution in [0.2, 0.25) is 0 Å². The maximum Gasteiger partial charge on any atom is 0.409 e. The number of methoxy groups -OCH3 is 1. The van der Waals surface area contributed by atoms with E-state index in [-0.39, 0.29) is 17.9 Å². The Hall–Kier alpha value is -3.10. The molecule has 1 amide bonds. The minimum absolute atomic E-state index is 0.197. The molecular weight excluding hydrogens is 327 g/mol. The van der Waals surface area contributed by atoms with E-state index < -0.39 is 5.82 Å². The van der Waals surface area contributed by atoms with Crippen LogP contribution in [0.1, 0.15) is 0 Å². The quantitative estimate of drug-likeness (QED) is 0.875. The Bertz CT molecular complexity index is 747. The molecule has 0 spiro atoms. The molecule has 0 unspecified atom stereocenters. The summed E-state index contributed by atoms with van der Waals surface area (Å²) < 4.78 is 17.8. The van der Waals surface area contributed by atoms with Gasteiger partial charge in [-0.3, -0.25) is 0 Å². The van der Waals surface area contributed by atoms with Crippen molar-refractivity contribution in [3.63, 3.8) is 0 Å². The van der Waals surface area contributed by atoms with Crippen molar-refractivity contribution < 1.29 is 13.9 Å². The fraction of sp³-hybridized carbons (Fsp3) is 0.312. The van der Waals surface area contributed by atoms with Crippen LogP contribution in [-0.4, -0.2) is 54.2 Å². The average Bonchev–Trinajstić information content (AvgIpc) is 2.65. The maximum absolute atomic E-state index is 13.1. The molecule has 1 aromatic heterocycles. The number of hydrogen-bond donors (Lipinski definition) is 2. The number of hydrogen-bond acceptors (Lipinski definition) is 7. The summed E-state index contributed by atoms with van der Waals surface area (Å²) >= 11 is 0. The third-order valence-corrected chi connectivity index (χ3v) is 3.97. The van der Waals surface area contributed by atoms with Crippen LogP contribution in [0.3, 0.4) is 0 Å². The smallest absolute Gasteiger partial charge is 0.409 e. The van der Waals surface area contributed by atoms with Gasteiger partial charge in [0.2, 0.25) is 5.95 Å². The van der Waals surface area contributed by atoms with Gasteiger partial charge in [-0.15, -0.1) is 0 Å². The highest BCUT2D eigenvalue weighted by Crippen LogP contribution is 2.21. The highest BCUT2D eigenvalue weighted by Gasteiger charge is 2.21. The molecule has 0 atom stereocenters. The van der Waals surface area contributed by atoms with Crippen molar-refractivity contribution in [2.75, 3.05) is 49.2 Å². The number of benzene rings is 1. The molecule has 0 radical (unpaired) electrons. The summed E-state index contributed by atoms with van der Waals surface area (Å²) in [5, 5.41) is 2.97. The zero-order valence-corrected chi connectivity index (χ0v) is 13.8. The number of nitrogens with two attached hydrogens (primary N) is 1. The summed E-state index contributed by atoms with van der Waals surface area (Å²) in [5.74, 6) is -0.608. The molecule has 132 valence electrons. The number of carbonyl (C=O) groups is 1. The Balaban J connectivity index is 1.61. The lowest BCUT2D eigenvalue weighted by Crippen LogP contribution is -2.48. The molecule has 3 N–H and O–H groups in total. The molecule has 2 aromatic rings. The largest absolute Gasteiger partial charge is 0.453 e. The van der Waals surface area contributed by atoms with E-state index in [1.54, 1.807) is 4.90 Å². The van der Waals surface area contributed by atoms with Gasteiger partial charge in [0.05, 0.1) is 13.3 Å². The number of rotatable bonds is 3. The molecule has 1 aromatic carbocycles. The van der Waals surface area contributed by atoms with E-state index >= 15 is 0 Å². The molecule has 0 aliphatic carbocycles. The van der Waals surface area contributed by atoms with Crippen LogP contribution in [0.4, 0.5) is 32.3 Å². The number of carbonyl (C=O) groups excluding carboxylic acids is 1. The third kappa shape index (κ3) is 3.87. The normalized spacial score (nSPS) is 14.3. The number of piperazine rings is 1. The number of anilines is 4. The zero-order chi connectivity index (χ0) is 17.8. The first-order valence-corrected chi connectivity index (χ1v) is 7.80. The number of nitrogens with zero attached hydrogens (tertiary/aromatic N) is 4. The van der Waals surface area contributed by atoms with Crippen LogP contribution in [0.25, 0.3) is 0 Å². The fourth-order valence-electron chi connectivity index (χ4n) is 2.60. The van der Waals surface area contributed by atoms with Gasteiger partial charge >= 0.3 is 6.09 Å². The molecular formula is C16H19FN6O2. The molecule has 1 aliphatic rings. The molecule has 0 bridgehead atoms. The van der Waals surface area contributed by atoms with Gasteiger partial charge in [0, 0.05) is 37.6 Å². The first-order chi connectivity index (χ1) is 12.1. The average molecular weight is 346 g/mol. The standard InChI is InChI=1S/C16H19FN6O2/c1-25-16(24)23-8-6-22(7-9-23)12-4-2-11(3-5-12)20-15-19-10-13(17)14(18)21-15/h2-5,10H,6-9H2,1H3,(H3,18,19,20,21). The van der Waals surface area contributed by atoms with Crippen LogP contribution in [0.15, 0.2) is 30.5 Å². The summed E-state index contributed by atoms with van der Waals surface area (Å²) in [4.78, 5) is 23.1. The van der Waals surface area contributed by atoms with E-state index in [1.807, 2.05) is 24.3 Å². The molecule has 1 fully saturated rings. The van der Waals surface area contributed by atoms with Crippen LogP contribution < -0.4 is 16.0 Å². The van der Waals surface area contributed by atoms with Gasteiger partial charge in [0.25, 0.3) is 0 Å². The van der Waals surface area contributed by atoms with Crippen molar-refractivity contribution in [2.45, 2.75) is 0 Å². The predicted molar refractivity (Wildman–Crippen MR) is 92.3 cm³/mol. The number of halogens is 1. The molecule has 2 heterocycles. The van der Waals surface area contributed by atoms with Crippen molar-refractivity contribution >= 4 is 29.2 Å². The van der Waals surface area contributed by atoms with E-state index in [0.717, 1.165) is 30.7 Å². The van der Waals surface area contributed by atoms with E-state index in [4.69, 9.17) is 10.5 Å². The molecule has 1 saturated heterocycles. The van der Waals surface area contributed by atoms with Crippen molar-refractivity contribution in [2.24, 2.45) is 0 Å². The van der Waals surface area contributed by atoms with Gasteiger partial charge in [-0.2, -0.15) is 4.98 Å². The predicted octanol–water partition coefficient (Wildman–Crippen LogP) is 1.83. The Kier molecular flexibility index (Phi) is 4.82. The van der Waals surface area contributed by atoms with E-state index in [0.29, 0.717) is 13.1 Å². The molecule has 0 saturated carbocycles. The maximum atomic E-state index is 13.1. The second-order valence-corrected chi connectivity index (χ2v) is 5.54. The van der Waals surface area contributed by atoms with Gasteiger partial charge in [-0.1, -0.05) is 0 Å². The Morgan fingerprint density at radius 2 is 1.92 bits per heavy atom. The highest BCUT2D eigenvalue weighted by atomic mass is 19.1. The van der Waals surface area contributed by atoms with Crippen LogP contribution in [0, 0.1) is 5.82 Å². The Morgan fingerprint density at radius 1 is 1.24 bits per heavy atom. The minimum Gasteiger partial charge on any atom is -0.453 e. The van der Waals surface area contributed by atoms with E-state index in [1.165, 1.54) is 7.11 Å². The van der Waals surface area contributed by atoms with Crippen LogP contribution >= 0.6 is 0 Å². The van der Waals surface area contributed by atoms with Crippen molar-refractivity contribution in [3.8, 4) is 0 Å². The van der Waals surface area contributed by atoms with E-state index in [2.05, 4.69) is 20.2 Å². The van der Waals surface area contributed by atoms with Gasteiger partial charge in [-0.25, -0.2) is 14.2 Å². The van der Waals surface area contributed by atoms with Crippen molar-refractivity contribution in [1.82, 2.24) is 14.9 Å².